The summed E-state index contributed by atoms with van der Waals surface area (Å²) in [6.07, 6.45) is 6.94. The zero-order valence-electron chi connectivity index (χ0n) is 19.8. The standard InChI is InChI=1S/C26H29FIN3O4/c1-15-19-12-18(28)13-20(27)25(19)35-24(15)23(16-6-4-3-5-7-16)30-21-9-8-17(14-29-21)26(34)31(2)11-10-22(32)33/h8-9,12-14,16,23H,3-7,10-11H2,1-2H3,(H,29,30)(H,32,33). The number of fused-ring (bicyclic) bond motifs is 1. The van der Waals surface area contributed by atoms with Gasteiger partial charge >= 0.3 is 5.97 Å². The van der Waals surface area contributed by atoms with Crippen LogP contribution in [0.2, 0.25) is 0 Å². The van der Waals surface area contributed by atoms with Gasteiger partial charge in [-0.3, -0.25) is 9.59 Å². The molecule has 35 heavy (non-hydrogen) atoms. The first-order valence-corrected chi connectivity index (χ1v) is 12.9. The molecule has 9 heteroatoms. The molecule has 1 atom stereocenters. The van der Waals surface area contributed by atoms with Gasteiger partial charge in [0.15, 0.2) is 11.4 Å². The van der Waals surface area contributed by atoms with Crippen molar-refractivity contribution in [1.29, 1.82) is 0 Å². The molecule has 1 aliphatic rings. The van der Waals surface area contributed by atoms with Crippen LogP contribution in [0.3, 0.4) is 0 Å². The fourth-order valence-corrected chi connectivity index (χ4v) is 5.36. The first-order chi connectivity index (χ1) is 16.7. The second kappa shape index (κ2) is 10.9. The molecule has 1 aliphatic carbocycles. The lowest BCUT2D eigenvalue weighted by Crippen LogP contribution is -2.29. The topological polar surface area (TPSA) is 95.7 Å². The fourth-order valence-electron chi connectivity index (χ4n) is 4.77. The molecule has 0 spiro atoms. The Morgan fingerprint density at radius 2 is 2.03 bits per heavy atom. The largest absolute Gasteiger partial charge is 0.481 e. The van der Waals surface area contributed by atoms with E-state index < -0.39 is 5.97 Å². The Labute approximate surface area is 217 Å². The molecule has 1 aromatic carbocycles. The van der Waals surface area contributed by atoms with Crippen LogP contribution >= 0.6 is 22.6 Å². The molecule has 3 aromatic rings. The van der Waals surface area contributed by atoms with Crippen molar-refractivity contribution in [2.24, 2.45) is 5.92 Å². The van der Waals surface area contributed by atoms with Crippen LogP contribution in [0.5, 0.6) is 0 Å². The third-order valence-corrected chi connectivity index (χ3v) is 7.34. The summed E-state index contributed by atoms with van der Waals surface area (Å²) in [6.45, 7) is 2.09. The number of aliphatic carboxylic acids is 1. The van der Waals surface area contributed by atoms with Crippen LogP contribution in [0.1, 0.15) is 66.2 Å². The average molecular weight is 593 g/mol. The number of benzene rings is 1. The van der Waals surface area contributed by atoms with Crippen molar-refractivity contribution in [1.82, 2.24) is 9.88 Å². The van der Waals surface area contributed by atoms with Gasteiger partial charge in [-0.25, -0.2) is 9.37 Å². The zero-order valence-corrected chi connectivity index (χ0v) is 22.0. The molecule has 0 aliphatic heterocycles. The lowest BCUT2D eigenvalue weighted by Gasteiger charge is -2.30. The molecule has 1 unspecified atom stereocenters. The summed E-state index contributed by atoms with van der Waals surface area (Å²) in [5.74, 6) is 0.0364. The number of carboxylic acids is 1. The van der Waals surface area contributed by atoms with Gasteiger partial charge in [0.05, 0.1) is 18.0 Å². The summed E-state index contributed by atoms with van der Waals surface area (Å²) >= 11 is 2.11. The minimum atomic E-state index is -0.952. The van der Waals surface area contributed by atoms with Crippen molar-refractivity contribution >= 4 is 51.3 Å². The molecule has 2 heterocycles. The Hall–Kier alpha value is -2.69. The van der Waals surface area contributed by atoms with E-state index in [0.29, 0.717) is 17.3 Å². The lowest BCUT2D eigenvalue weighted by molar-refractivity contribution is -0.137. The quantitative estimate of drug-likeness (QED) is 0.304. The van der Waals surface area contributed by atoms with E-state index in [-0.39, 0.29) is 36.3 Å². The second-order valence-corrected chi connectivity index (χ2v) is 10.4. The molecule has 2 N–H and O–H groups in total. The summed E-state index contributed by atoms with van der Waals surface area (Å²) in [7, 11) is 1.57. The number of hydrogen-bond acceptors (Lipinski definition) is 5. The number of carboxylic acid groups (broad SMARTS) is 1. The number of aromatic nitrogens is 1. The van der Waals surface area contributed by atoms with Gasteiger partial charge in [-0.05, 0) is 72.5 Å². The van der Waals surface area contributed by atoms with Crippen LogP contribution in [0.4, 0.5) is 10.2 Å². The Morgan fingerprint density at radius 1 is 1.29 bits per heavy atom. The lowest BCUT2D eigenvalue weighted by atomic mass is 9.82. The Bertz CT molecular complexity index is 1220. The van der Waals surface area contributed by atoms with Crippen molar-refractivity contribution in [2.75, 3.05) is 18.9 Å². The molecule has 0 radical (unpaired) electrons. The number of halogens is 2. The maximum Gasteiger partial charge on any atom is 0.305 e. The van der Waals surface area contributed by atoms with Gasteiger partial charge < -0.3 is 19.7 Å². The minimum Gasteiger partial charge on any atom is -0.481 e. The number of carbonyl (C=O) groups is 2. The highest BCUT2D eigenvalue weighted by atomic mass is 127. The molecule has 1 fully saturated rings. The maximum absolute atomic E-state index is 14.7. The number of rotatable bonds is 8. The number of nitrogens with zero attached hydrogens (tertiary/aromatic N) is 2. The molecular weight excluding hydrogens is 564 g/mol. The normalized spacial score (nSPS) is 15.2. The number of furan rings is 1. The highest BCUT2D eigenvalue weighted by molar-refractivity contribution is 14.1. The SMILES string of the molecule is Cc1c(C(Nc2ccc(C(=O)N(C)CCC(=O)O)cn2)C2CCCCC2)oc2c(F)cc(I)cc12. The van der Waals surface area contributed by atoms with E-state index in [9.17, 15) is 14.0 Å². The molecule has 7 nitrogen and oxygen atoms in total. The molecule has 1 saturated carbocycles. The van der Waals surface area contributed by atoms with Crippen LogP contribution in [-0.4, -0.2) is 40.5 Å². The number of anilines is 1. The van der Waals surface area contributed by atoms with Gasteiger partial charge in [0.1, 0.15) is 11.6 Å². The van der Waals surface area contributed by atoms with Gasteiger partial charge in [0.25, 0.3) is 5.91 Å². The summed E-state index contributed by atoms with van der Waals surface area (Å²) in [4.78, 5) is 29.2. The third-order valence-electron chi connectivity index (χ3n) is 6.72. The number of nitrogens with one attached hydrogen (secondary N) is 1. The monoisotopic (exact) mass is 593 g/mol. The zero-order chi connectivity index (χ0) is 25.1. The fraction of sp³-hybridized carbons (Fsp3) is 0.423. The Kier molecular flexibility index (Phi) is 7.93. The molecule has 0 bridgehead atoms. The summed E-state index contributed by atoms with van der Waals surface area (Å²) < 4.78 is 21.6. The van der Waals surface area contributed by atoms with Crippen LogP contribution in [-0.2, 0) is 4.79 Å². The van der Waals surface area contributed by atoms with Crippen molar-refractivity contribution in [3.63, 3.8) is 0 Å². The molecule has 0 saturated heterocycles. The number of aryl methyl sites for hydroxylation is 1. The van der Waals surface area contributed by atoms with Gasteiger partial charge in [-0.1, -0.05) is 19.3 Å². The summed E-state index contributed by atoms with van der Waals surface area (Å²) in [6, 6.07) is 6.67. The average Bonchev–Trinajstić information content (AvgIpc) is 3.17. The third kappa shape index (κ3) is 5.76. The minimum absolute atomic E-state index is 0.116. The number of hydrogen-bond donors (Lipinski definition) is 2. The number of pyridine rings is 1. The van der Waals surface area contributed by atoms with Gasteiger partial charge in [0.2, 0.25) is 0 Å². The second-order valence-electron chi connectivity index (χ2n) is 9.18. The Balaban J connectivity index is 1.60. The molecule has 4 rings (SSSR count). The molecule has 1 amide bonds. The van der Waals surface area contributed by atoms with E-state index in [1.54, 1.807) is 19.2 Å². The van der Waals surface area contributed by atoms with Gasteiger partial charge in [-0.2, -0.15) is 0 Å². The molecular formula is C26H29FIN3O4. The predicted octanol–water partition coefficient (Wildman–Crippen LogP) is 6.16. The highest BCUT2D eigenvalue weighted by Gasteiger charge is 2.31. The maximum atomic E-state index is 14.7. The summed E-state index contributed by atoms with van der Waals surface area (Å²) in [5, 5.41) is 13.1. The van der Waals surface area contributed by atoms with E-state index in [0.717, 1.165) is 46.0 Å². The number of amides is 1. The smallest absolute Gasteiger partial charge is 0.305 e. The van der Waals surface area contributed by atoms with E-state index >= 15 is 0 Å². The molecule has 186 valence electrons. The van der Waals surface area contributed by atoms with E-state index in [2.05, 4.69) is 32.9 Å². The first-order valence-electron chi connectivity index (χ1n) is 11.8. The van der Waals surface area contributed by atoms with Crippen molar-refractivity contribution in [3.8, 4) is 0 Å². The van der Waals surface area contributed by atoms with Crippen molar-refractivity contribution < 1.29 is 23.5 Å². The van der Waals surface area contributed by atoms with Crippen LogP contribution in [0.15, 0.2) is 34.9 Å². The highest BCUT2D eigenvalue weighted by Crippen LogP contribution is 2.41. The van der Waals surface area contributed by atoms with Crippen LogP contribution in [0.25, 0.3) is 11.0 Å². The predicted molar refractivity (Wildman–Crippen MR) is 140 cm³/mol. The first kappa shape index (κ1) is 25.4. The summed E-state index contributed by atoms with van der Waals surface area (Å²) in [5.41, 5.74) is 1.58. The van der Waals surface area contributed by atoms with Crippen LogP contribution < -0.4 is 5.32 Å². The molecule has 2 aromatic heterocycles. The van der Waals surface area contributed by atoms with E-state index in [4.69, 9.17) is 9.52 Å². The van der Waals surface area contributed by atoms with E-state index in [1.807, 2.05) is 13.0 Å². The van der Waals surface area contributed by atoms with Gasteiger partial charge in [0, 0.05) is 34.3 Å². The van der Waals surface area contributed by atoms with E-state index in [1.165, 1.54) is 23.6 Å². The van der Waals surface area contributed by atoms with Crippen molar-refractivity contribution in [3.05, 3.63) is 56.7 Å². The Morgan fingerprint density at radius 3 is 2.69 bits per heavy atom. The van der Waals surface area contributed by atoms with Gasteiger partial charge in [-0.15, -0.1) is 0 Å². The van der Waals surface area contributed by atoms with Crippen molar-refractivity contribution in [2.45, 2.75) is 51.5 Å². The number of carbonyl (C=O) groups excluding carboxylic acids is 1. The van der Waals surface area contributed by atoms with Crippen LogP contribution in [0, 0.1) is 22.2 Å².